The van der Waals surface area contributed by atoms with Gasteiger partial charge < -0.3 is 14.4 Å². The molecule has 5 nitrogen and oxygen atoms in total. The summed E-state index contributed by atoms with van der Waals surface area (Å²) in [6, 6.07) is 13.5. The number of benzene rings is 2. The summed E-state index contributed by atoms with van der Waals surface area (Å²) >= 11 is 0. The number of ether oxygens (including phenoxy) is 2. The number of amidine groups is 1. The van der Waals surface area contributed by atoms with Crippen molar-refractivity contribution < 1.29 is 14.3 Å². The van der Waals surface area contributed by atoms with Crippen molar-refractivity contribution in [1.29, 1.82) is 0 Å². The summed E-state index contributed by atoms with van der Waals surface area (Å²) in [5.74, 6) is 2.19. The van der Waals surface area contributed by atoms with E-state index in [1.807, 2.05) is 12.1 Å². The molecule has 28 heavy (non-hydrogen) atoms. The first-order valence-electron chi connectivity index (χ1n) is 9.75. The fraction of sp³-hybridized carbons (Fsp3) is 0.391. The van der Waals surface area contributed by atoms with Crippen molar-refractivity contribution in [3.8, 4) is 11.5 Å². The molecule has 0 N–H and O–H groups in total. The number of aliphatic imine (C=N–C) groups is 1. The Morgan fingerprint density at radius 1 is 1.04 bits per heavy atom. The van der Waals surface area contributed by atoms with Crippen molar-refractivity contribution in [2.45, 2.75) is 32.6 Å². The lowest BCUT2D eigenvalue weighted by Crippen LogP contribution is -2.36. The number of hydrogen-bond acceptors (Lipinski definition) is 5. The largest absolute Gasteiger partial charge is 0.493 e. The van der Waals surface area contributed by atoms with Crippen LogP contribution in [0, 0.1) is 6.92 Å². The highest BCUT2D eigenvalue weighted by atomic mass is 16.5. The van der Waals surface area contributed by atoms with E-state index >= 15 is 0 Å². The van der Waals surface area contributed by atoms with Gasteiger partial charge in [0.1, 0.15) is 5.84 Å². The number of anilines is 1. The zero-order chi connectivity index (χ0) is 19.9. The average Bonchev–Trinajstić information content (AvgIpc) is 3.00. The molecule has 1 aliphatic heterocycles. The Morgan fingerprint density at radius 3 is 2.61 bits per heavy atom. The van der Waals surface area contributed by atoms with E-state index in [0.717, 1.165) is 42.9 Å². The lowest BCUT2D eigenvalue weighted by Gasteiger charge is -2.26. The highest BCUT2D eigenvalue weighted by Crippen LogP contribution is 2.28. The second kappa shape index (κ2) is 9.40. The Morgan fingerprint density at radius 2 is 1.86 bits per heavy atom. The Bertz CT molecular complexity index is 861. The molecule has 0 saturated heterocycles. The molecule has 0 unspecified atom stereocenters. The fourth-order valence-electron chi connectivity index (χ4n) is 3.45. The molecule has 0 spiro atoms. The molecule has 1 aliphatic rings. The maximum atomic E-state index is 13.1. The van der Waals surface area contributed by atoms with Crippen LogP contribution in [0.15, 0.2) is 47.5 Å². The maximum Gasteiger partial charge on any atom is 0.182 e. The van der Waals surface area contributed by atoms with Crippen molar-refractivity contribution in [2.24, 2.45) is 4.99 Å². The first kappa shape index (κ1) is 19.9. The number of methoxy groups -OCH3 is 2. The van der Waals surface area contributed by atoms with Crippen LogP contribution in [0.1, 0.15) is 41.6 Å². The van der Waals surface area contributed by atoms with Gasteiger partial charge in [0.25, 0.3) is 0 Å². The van der Waals surface area contributed by atoms with E-state index < -0.39 is 0 Å². The van der Waals surface area contributed by atoms with Gasteiger partial charge in [-0.1, -0.05) is 18.6 Å². The molecule has 0 fully saturated rings. The highest BCUT2D eigenvalue weighted by Gasteiger charge is 2.20. The molecule has 0 bridgehead atoms. The Labute approximate surface area is 167 Å². The first-order chi connectivity index (χ1) is 13.6. The molecule has 1 heterocycles. The lowest BCUT2D eigenvalue weighted by molar-refractivity contribution is 0.100. The Kier molecular flexibility index (Phi) is 6.69. The maximum absolute atomic E-state index is 13.1. The van der Waals surface area contributed by atoms with Gasteiger partial charge in [-0.3, -0.25) is 9.79 Å². The number of rotatable bonds is 6. The van der Waals surface area contributed by atoms with Crippen LogP contribution in [-0.2, 0) is 0 Å². The summed E-state index contributed by atoms with van der Waals surface area (Å²) in [5.41, 5.74) is 2.77. The van der Waals surface area contributed by atoms with E-state index in [-0.39, 0.29) is 12.3 Å². The van der Waals surface area contributed by atoms with Gasteiger partial charge in [-0.15, -0.1) is 0 Å². The lowest BCUT2D eigenvalue weighted by atomic mass is 10.1. The number of hydrogen-bond donors (Lipinski definition) is 0. The molecule has 0 saturated carbocycles. The third kappa shape index (κ3) is 4.71. The molecule has 0 aromatic heterocycles. The third-order valence-electron chi connectivity index (χ3n) is 4.98. The molecule has 2 aromatic carbocycles. The number of nitrogens with zero attached hydrogens (tertiary/aromatic N) is 2. The normalized spacial score (nSPS) is 14.0. The van der Waals surface area contributed by atoms with E-state index in [9.17, 15) is 4.79 Å². The fourth-order valence-corrected chi connectivity index (χ4v) is 3.45. The monoisotopic (exact) mass is 380 g/mol. The minimum Gasteiger partial charge on any atom is -0.493 e. The zero-order valence-corrected chi connectivity index (χ0v) is 16.9. The summed E-state index contributed by atoms with van der Waals surface area (Å²) in [6.07, 6.45) is 4.28. The second-order valence-corrected chi connectivity index (χ2v) is 7.03. The molecule has 3 rings (SSSR count). The minimum absolute atomic E-state index is 0.0226. The van der Waals surface area contributed by atoms with Gasteiger partial charge in [0.2, 0.25) is 0 Å². The van der Waals surface area contributed by atoms with E-state index in [4.69, 9.17) is 14.5 Å². The van der Waals surface area contributed by atoms with Crippen molar-refractivity contribution >= 4 is 17.3 Å². The Balaban J connectivity index is 1.90. The van der Waals surface area contributed by atoms with Crippen LogP contribution < -0.4 is 14.4 Å². The van der Waals surface area contributed by atoms with E-state index in [0.29, 0.717) is 17.1 Å². The van der Waals surface area contributed by atoms with Crippen LogP contribution in [0.25, 0.3) is 0 Å². The van der Waals surface area contributed by atoms with Crippen LogP contribution in [-0.4, -0.2) is 38.9 Å². The molecular weight excluding hydrogens is 352 g/mol. The summed E-state index contributed by atoms with van der Waals surface area (Å²) in [7, 11) is 3.16. The quantitative estimate of drug-likeness (QED) is 0.683. The number of carbonyl (C=O) groups excluding carboxylic acids is 1. The average molecular weight is 380 g/mol. The predicted molar refractivity (Wildman–Crippen MR) is 113 cm³/mol. The van der Waals surface area contributed by atoms with Crippen LogP contribution in [0.4, 0.5) is 5.69 Å². The highest BCUT2D eigenvalue weighted by molar-refractivity contribution is 6.07. The van der Waals surface area contributed by atoms with E-state index in [1.165, 1.54) is 6.42 Å². The number of ketones is 1. The topological polar surface area (TPSA) is 51.1 Å². The third-order valence-corrected chi connectivity index (χ3v) is 4.98. The number of Topliss-reactive ketones (excluding diaryl/α,β-unsaturated/α-hetero) is 1. The van der Waals surface area contributed by atoms with Crippen molar-refractivity contribution in [2.75, 3.05) is 32.2 Å². The Hall–Kier alpha value is -2.82. The molecule has 0 aliphatic carbocycles. The molecule has 0 atom stereocenters. The van der Waals surface area contributed by atoms with Gasteiger partial charge in [0.05, 0.1) is 20.8 Å². The van der Waals surface area contributed by atoms with Gasteiger partial charge in [0, 0.05) is 24.2 Å². The molecule has 148 valence electrons. The molecule has 0 amide bonds. The van der Waals surface area contributed by atoms with Crippen LogP contribution >= 0.6 is 0 Å². The molecule has 5 heteroatoms. The predicted octanol–water partition coefficient (Wildman–Crippen LogP) is 4.67. The van der Waals surface area contributed by atoms with E-state index in [1.54, 1.807) is 32.4 Å². The van der Waals surface area contributed by atoms with Crippen LogP contribution in [0.2, 0.25) is 0 Å². The number of carbonyl (C=O) groups is 1. The summed E-state index contributed by atoms with van der Waals surface area (Å²) < 4.78 is 10.6. The molecule has 2 aromatic rings. The van der Waals surface area contributed by atoms with Crippen LogP contribution in [0.3, 0.4) is 0 Å². The minimum atomic E-state index is 0.0226. The smallest absolute Gasteiger partial charge is 0.182 e. The number of aryl methyl sites for hydroxylation is 1. The summed E-state index contributed by atoms with van der Waals surface area (Å²) in [5, 5.41) is 0. The second-order valence-electron chi connectivity index (χ2n) is 7.03. The van der Waals surface area contributed by atoms with Crippen molar-refractivity contribution in [3.63, 3.8) is 0 Å². The molecular formula is C23H28N2O3. The van der Waals surface area contributed by atoms with Gasteiger partial charge >= 0.3 is 0 Å². The standard InChI is InChI=1S/C23H28N2O3/c1-17-8-7-9-19(14-17)25(23-10-5-4-6-13-24-23)16-20(26)18-11-12-21(27-2)22(15-18)28-3/h7-9,11-12,14-15H,4-6,10,13,16H2,1-3H3. The summed E-state index contributed by atoms with van der Waals surface area (Å²) in [6.45, 7) is 3.13. The first-order valence-corrected chi connectivity index (χ1v) is 9.75. The zero-order valence-electron chi connectivity index (χ0n) is 16.9. The van der Waals surface area contributed by atoms with E-state index in [2.05, 4.69) is 24.0 Å². The van der Waals surface area contributed by atoms with Gasteiger partial charge in [-0.2, -0.15) is 0 Å². The van der Waals surface area contributed by atoms with Gasteiger partial charge in [0.15, 0.2) is 17.3 Å². The van der Waals surface area contributed by atoms with Gasteiger partial charge in [-0.05, 0) is 55.7 Å². The molecule has 0 radical (unpaired) electrons. The SMILES string of the molecule is COc1ccc(C(=O)CN(C2=NCCCCC2)c2cccc(C)c2)cc1OC. The van der Waals surface area contributed by atoms with Crippen molar-refractivity contribution in [1.82, 2.24) is 0 Å². The van der Waals surface area contributed by atoms with Gasteiger partial charge in [-0.25, -0.2) is 0 Å². The summed E-state index contributed by atoms with van der Waals surface area (Å²) in [4.78, 5) is 20.0. The van der Waals surface area contributed by atoms with Crippen molar-refractivity contribution in [3.05, 3.63) is 53.6 Å². The van der Waals surface area contributed by atoms with Crippen LogP contribution in [0.5, 0.6) is 11.5 Å².